The summed E-state index contributed by atoms with van der Waals surface area (Å²) in [5.74, 6) is 0.401. The molecule has 0 spiro atoms. The molecule has 0 unspecified atom stereocenters. The van der Waals surface area contributed by atoms with E-state index >= 15 is 0 Å². The fourth-order valence-electron chi connectivity index (χ4n) is 5.54. The number of amides is 1. The molecule has 2 fully saturated rings. The van der Waals surface area contributed by atoms with E-state index in [2.05, 4.69) is 50.6 Å². The number of rotatable bonds is 9. The zero-order valence-corrected chi connectivity index (χ0v) is 21.9. The first-order chi connectivity index (χ1) is 18.2. The number of likely N-dealkylation sites (tertiary alicyclic amines) is 2. The van der Waals surface area contributed by atoms with Crippen molar-refractivity contribution >= 4 is 5.91 Å². The van der Waals surface area contributed by atoms with Gasteiger partial charge >= 0.3 is 0 Å². The van der Waals surface area contributed by atoms with Crippen molar-refractivity contribution < 1.29 is 9.53 Å². The Balaban J connectivity index is 1.18. The number of nitrogens with zero attached hydrogens (tertiary/aromatic N) is 3. The van der Waals surface area contributed by atoms with Crippen LogP contribution < -0.4 is 5.32 Å². The molecule has 2 aliphatic rings. The van der Waals surface area contributed by atoms with Gasteiger partial charge in [-0.05, 0) is 75.6 Å². The molecule has 0 bridgehead atoms. The Kier molecular flexibility index (Phi) is 8.66. The average molecular weight is 502 g/mol. The minimum absolute atomic E-state index is 0.0146. The van der Waals surface area contributed by atoms with Gasteiger partial charge in [-0.1, -0.05) is 42.5 Å². The molecule has 2 aromatic carbocycles. The van der Waals surface area contributed by atoms with Gasteiger partial charge in [0.25, 0.3) is 5.91 Å². The largest absolute Gasteiger partial charge is 0.375 e. The van der Waals surface area contributed by atoms with Gasteiger partial charge in [-0.25, -0.2) is 0 Å². The van der Waals surface area contributed by atoms with Gasteiger partial charge in [-0.2, -0.15) is 5.10 Å². The number of hydrogen-bond donors (Lipinski definition) is 2. The van der Waals surface area contributed by atoms with Crippen LogP contribution in [0.15, 0.2) is 60.8 Å². The third-order valence-electron chi connectivity index (χ3n) is 7.74. The van der Waals surface area contributed by atoms with Crippen LogP contribution in [0.5, 0.6) is 0 Å². The van der Waals surface area contributed by atoms with Crippen molar-refractivity contribution in [3.63, 3.8) is 0 Å². The zero-order valence-electron chi connectivity index (χ0n) is 21.9. The van der Waals surface area contributed by atoms with Gasteiger partial charge in [0.1, 0.15) is 0 Å². The number of benzene rings is 2. The quantitative estimate of drug-likeness (QED) is 0.428. The summed E-state index contributed by atoms with van der Waals surface area (Å²) in [4.78, 5) is 17.8. The van der Waals surface area contributed by atoms with Crippen LogP contribution in [0.2, 0.25) is 0 Å². The number of carbonyl (C=O) groups excluding carboxylic acids is 1. The van der Waals surface area contributed by atoms with E-state index < -0.39 is 0 Å². The summed E-state index contributed by atoms with van der Waals surface area (Å²) in [6.07, 6.45) is 6.20. The van der Waals surface area contributed by atoms with Crippen LogP contribution in [0.25, 0.3) is 11.1 Å². The van der Waals surface area contributed by atoms with Crippen molar-refractivity contribution in [1.29, 1.82) is 0 Å². The van der Waals surface area contributed by atoms with Crippen molar-refractivity contribution in [2.24, 2.45) is 0 Å². The third-order valence-corrected chi connectivity index (χ3v) is 7.74. The number of aromatic amines is 1. The summed E-state index contributed by atoms with van der Waals surface area (Å²) in [6.45, 7) is 6.46. The predicted octanol–water partition coefficient (Wildman–Crippen LogP) is 4.30. The van der Waals surface area contributed by atoms with Gasteiger partial charge in [0.05, 0.1) is 19.4 Å². The molecule has 0 saturated carbocycles. The van der Waals surface area contributed by atoms with E-state index in [0.717, 1.165) is 76.1 Å². The lowest BCUT2D eigenvalue weighted by Crippen LogP contribution is -2.43. The van der Waals surface area contributed by atoms with Crippen LogP contribution >= 0.6 is 0 Å². The molecule has 0 radical (unpaired) electrons. The summed E-state index contributed by atoms with van der Waals surface area (Å²) < 4.78 is 5.93. The highest BCUT2D eigenvalue weighted by atomic mass is 16.5. The molecular formula is C30H39N5O2. The predicted molar refractivity (Wildman–Crippen MR) is 147 cm³/mol. The maximum atomic E-state index is 13.0. The first kappa shape index (κ1) is 25.6. The summed E-state index contributed by atoms with van der Waals surface area (Å²) >= 11 is 0. The van der Waals surface area contributed by atoms with Crippen LogP contribution in [-0.2, 0) is 11.3 Å². The maximum absolute atomic E-state index is 13.0. The molecule has 196 valence electrons. The van der Waals surface area contributed by atoms with Gasteiger partial charge in [0.15, 0.2) is 0 Å². The Hall–Kier alpha value is -3.00. The molecule has 1 atom stereocenters. The highest BCUT2D eigenvalue weighted by Gasteiger charge is 2.25. The summed E-state index contributed by atoms with van der Waals surface area (Å²) in [6, 6.07) is 18.6. The lowest BCUT2D eigenvalue weighted by molar-refractivity contribution is 0.0827. The van der Waals surface area contributed by atoms with Gasteiger partial charge < -0.3 is 19.9 Å². The van der Waals surface area contributed by atoms with Gasteiger partial charge in [-0.15, -0.1) is 0 Å². The van der Waals surface area contributed by atoms with E-state index in [1.54, 1.807) is 0 Å². The fourth-order valence-corrected chi connectivity index (χ4v) is 5.54. The average Bonchev–Trinajstić information content (AvgIpc) is 3.44. The fraction of sp³-hybridized carbons (Fsp3) is 0.467. The lowest BCUT2D eigenvalue weighted by atomic mass is 9.90. The van der Waals surface area contributed by atoms with Crippen LogP contribution in [0.4, 0.5) is 0 Å². The molecule has 2 aliphatic heterocycles. The smallest absolute Gasteiger partial charge is 0.251 e. The van der Waals surface area contributed by atoms with E-state index in [4.69, 9.17) is 4.74 Å². The second-order valence-corrected chi connectivity index (χ2v) is 10.5. The number of nitrogens with one attached hydrogen (secondary N) is 2. The number of carbonyl (C=O) groups is 1. The number of piperidine rings is 2. The first-order valence-electron chi connectivity index (χ1n) is 13.6. The Labute approximate surface area is 220 Å². The second kappa shape index (κ2) is 12.5. The molecule has 2 saturated heterocycles. The molecule has 0 aliphatic carbocycles. The topological polar surface area (TPSA) is 73.5 Å². The van der Waals surface area contributed by atoms with Gasteiger partial charge in [0, 0.05) is 41.9 Å². The molecule has 7 nitrogen and oxygen atoms in total. The van der Waals surface area contributed by atoms with E-state index in [0.29, 0.717) is 18.1 Å². The molecular weight excluding hydrogens is 462 g/mol. The molecule has 1 aromatic heterocycles. The maximum Gasteiger partial charge on any atom is 0.251 e. The van der Waals surface area contributed by atoms with E-state index in [-0.39, 0.29) is 11.9 Å². The lowest BCUT2D eigenvalue weighted by Gasteiger charge is -2.32. The Morgan fingerprint density at radius 3 is 2.76 bits per heavy atom. The van der Waals surface area contributed by atoms with Crippen LogP contribution in [-0.4, -0.2) is 78.3 Å². The molecule has 1 amide bonds. The Morgan fingerprint density at radius 1 is 1.08 bits per heavy atom. The Bertz CT molecular complexity index is 1140. The SMILES string of the molecule is CN1CCC(NC(=O)c2cccc(-c3cn[nH]c3[C@@H]3CCCN(CCOCc4ccccc4)C3)c2)CC1. The van der Waals surface area contributed by atoms with Crippen molar-refractivity contribution in [3.8, 4) is 11.1 Å². The zero-order chi connectivity index (χ0) is 25.5. The second-order valence-electron chi connectivity index (χ2n) is 10.5. The van der Waals surface area contributed by atoms with Crippen LogP contribution in [0.1, 0.15) is 53.2 Å². The molecule has 37 heavy (non-hydrogen) atoms. The highest BCUT2D eigenvalue weighted by Crippen LogP contribution is 2.33. The van der Waals surface area contributed by atoms with Gasteiger partial charge in [0.2, 0.25) is 0 Å². The monoisotopic (exact) mass is 501 g/mol. The molecule has 3 aromatic rings. The minimum atomic E-state index is 0.0146. The molecule has 5 rings (SSSR count). The Morgan fingerprint density at radius 2 is 1.92 bits per heavy atom. The normalized spacial score (nSPS) is 19.6. The van der Waals surface area contributed by atoms with Crippen LogP contribution in [0, 0.1) is 0 Å². The van der Waals surface area contributed by atoms with Crippen molar-refractivity contribution in [2.75, 3.05) is 46.4 Å². The van der Waals surface area contributed by atoms with Gasteiger partial charge in [-0.3, -0.25) is 9.89 Å². The number of ether oxygens (including phenoxy) is 1. The van der Waals surface area contributed by atoms with E-state index in [1.165, 1.54) is 11.3 Å². The number of aromatic nitrogens is 2. The van der Waals surface area contributed by atoms with E-state index in [1.807, 2.05) is 42.6 Å². The first-order valence-corrected chi connectivity index (χ1v) is 13.6. The van der Waals surface area contributed by atoms with E-state index in [9.17, 15) is 4.79 Å². The highest BCUT2D eigenvalue weighted by molar-refractivity contribution is 5.95. The molecule has 2 N–H and O–H groups in total. The number of H-pyrrole nitrogens is 1. The summed E-state index contributed by atoms with van der Waals surface area (Å²) in [5, 5.41) is 10.9. The standard InChI is InChI=1S/C30H39N5O2/c1-34-15-12-27(13-16-34)32-30(36)25-10-5-9-24(19-25)28-20-31-33-29(28)26-11-6-14-35(21-26)17-18-37-22-23-7-3-2-4-8-23/h2-5,7-10,19-20,26-27H,6,11-18,21-22H2,1H3,(H,31,33)(H,32,36)/t26-/m1/s1. The van der Waals surface area contributed by atoms with Crippen molar-refractivity contribution in [3.05, 3.63) is 77.6 Å². The molecule has 7 heteroatoms. The summed E-state index contributed by atoms with van der Waals surface area (Å²) in [5.41, 5.74) is 5.24. The number of hydrogen-bond acceptors (Lipinski definition) is 5. The summed E-state index contributed by atoms with van der Waals surface area (Å²) in [7, 11) is 2.13. The third kappa shape index (κ3) is 6.86. The minimum Gasteiger partial charge on any atom is -0.375 e. The van der Waals surface area contributed by atoms with Crippen LogP contribution in [0.3, 0.4) is 0 Å². The van der Waals surface area contributed by atoms with Crippen molar-refractivity contribution in [1.82, 2.24) is 25.3 Å². The van der Waals surface area contributed by atoms with Crippen molar-refractivity contribution in [2.45, 2.75) is 44.2 Å². The molecule has 3 heterocycles.